The standard InChI is InChI=1S/C13H14N2O3/c1-9-12(6-14-15(9)7-13(17)18)11-4-2-3-10(5-11)8-16/h2-6,16H,7-8H2,1H3,(H,17,18). The third-order valence-corrected chi connectivity index (χ3v) is 2.81. The summed E-state index contributed by atoms with van der Waals surface area (Å²) >= 11 is 0. The molecule has 18 heavy (non-hydrogen) atoms. The monoisotopic (exact) mass is 246 g/mol. The number of nitrogens with zero attached hydrogens (tertiary/aromatic N) is 2. The number of carboxylic acid groups (broad SMARTS) is 1. The van der Waals surface area contributed by atoms with E-state index in [1.807, 2.05) is 31.2 Å². The fourth-order valence-corrected chi connectivity index (χ4v) is 1.85. The SMILES string of the molecule is Cc1c(-c2cccc(CO)c2)cnn1CC(=O)O. The predicted octanol–water partition coefficient (Wildman–Crippen LogP) is 1.44. The first-order valence-corrected chi connectivity index (χ1v) is 5.56. The van der Waals surface area contributed by atoms with Gasteiger partial charge in [-0.25, -0.2) is 0 Å². The second kappa shape index (κ2) is 5.01. The number of rotatable bonds is 4. The minimum Gasteiger partial charge on any atom is -0.480 e. The van der Waals surface area contributed by atoms with Crippen LogP contribution in [0.4, 0.5) is 0 Å². The van der Waals surface area contributed by atoms with E-state index < -0.39 is 5.97 Å². The van der Waals surface area contributed by atoms with Gasteiger partial charge in [0.25, 0.3) is 0 Å². The Labute approximate surface area is 104 Å². The molecule has 0 bridgehead atoms. The summed E-state index contributed by atoms with van der Waals surface area (Å²) < 4.78 is 1.45. The topological polar surface area (TPSA) is 75.4 Å². The van der Waals surface area contributed by atoms with Gasteiger partial charge in [-0.05, 0) is 24.1 Å². The van der Waals surface area contributed by atoms with Gasteiger partial charge in [0.1, 0.15) is 6.54 Å². The highest BCUT2D eigenvalue weighted by atomic mass is 16.4. The highest BCUT2D eigenvalue weighted by Crippen LogP contribution is 2.23. The minimum absolute atomic E-state index is 0.0177. The zero-order valence-electron chi connectivity index (χ0n) is 10.00. The molecule has 0 saturated carbocycles. The lowest BCUT2D eigenvalue weighted by molar-refractivity contribution is -0.137. The summed E-state index contributed by atoms with van der Waals surface area (Å²) in [6, 6.07) is 7.47. The average molecular weight is 246 g/mol. The smallest absolute Gasteiger partial charge is 0.325 e. The molecule has 5 nitrogen and oxygen atoms in total. The van der Waals surface area contributed by atoms with Gasteiger partial charge in [0.05, 0.1) is 12.8 Å². The van der Waals surface area contributed by atoms with E-state index in [-0.39, 0.29) is 13.2 Å². The molecule has 0 radical (unpaired) electrons. The maximum atomic E-state index is 10.7. The molecule has 0 aliphatic carbocycles. The molecule has 5 heteroatoms. The van der Waals surface area contributed by atoms with E-state index in [2.05, 4.69) is 5.10 Å². The number of aliphatic hydroxyl groups is 1. The van der Waals surface area contributed by atoms with Gasteiger partial charge in [0, 0.05) is 11.3 Å². The van der Waals surface area contributed by atoms with Gasteiger partial charge in [0.2, 0.25) is 0 Å². The highest BCUT2D eigenvalue weighted by molar-refractivity contribution is 5.69. The second-order valence-electron chi connectivity index (χ2n) is 4.05. The van der Waals surface area contributed by atoms with E-state index in [9.17, 15) is 4.79 Å². The second-order valence-corrected chi connectivity index (χ2v) is 4.05. The molecule has 0 spiro atoms. The van der Waals surface area contributed by atoms with Crippen molar-refractivity contribution in [3.63, 3.8) is 0 Å². The Morgan fingerprint density at radius 2 is 2.22 bits per heavy atom. The van der Waals surface area contributed by atoms with Crippen molar-refractivity contribution in [2.75, 3.05) is 0 Å². The highest BCUT2D eigenvalue weighted by Gasteiger charge is 2.10. The molecule has 0 aliphatic heterocycles. The molecule has 2 aromatic rings. The van der Waals surface area contributed by atoms with E-state index in [0.29, 0.717) is 0 Å². The molecule has 1 aromatic carbocycles. The lowest BCUT2D eigenvalue weighted by Gasteiger charge is -2.04. The van der Waals surface area contributed by atoms with Gasteiger partial charge in [-0.2, -0.15) is 5.10 Å². The van der Waals surface area contributed by atoms with Gasteiger partial charge in [0.15, 0.2) is 0 Å². The Morgan fingerprint density at radius 3 is 2.89 bits per heavy atom. The third-order valence-electron chi connectivity index (χ3n) is 2.81. The van der Waals surface area contributed by atoms with Crippen molar-refractivity contribution in [1.29, 1.82) is 0 Å². The van der Waals surface area contributed by atoms with Crippen molar-refractivity contribution in [3.8, 4) is 11.1 Å². The van der Waals surface area contributed by atoms with Crippen molar-refractivity contribution >= 4 is 5.97 Å². The molecule has 0 atom stereocenters. The van der Waals surface area contributed by atoms with Crippen molar-refractivity contribution < 1.29 is 15.0 Å². The van der Waals surface area contributed by atoms with E-state index in [1.165, 1.54) is 4.68 Å². The zero-order chi connectivity index (χ0) is 13.1. The number of carboxylic acids is 1. The van der Waals surface area contributed by atoms with E-state index in [4.69, 9.17) is 10.2 Å². The molecule has 1 aromatic heterocycles. The zero-order valence-corrected chi connectivity index (χ0v) is 10.00. The number of aliphatic hydroxyl groups excluding tert-OH is 1. The summed E-state index contributed by atoms with van der Waals surface area (Å²) in [7, 11) is 0. The minimum atomic E-state index is -0.920. The van der Waals surface area contributed by atoms with Crippen LogP contribution in [0.3, 0.4) is 0 Å². The van der Waals surface area contributed by atoms with Crippen LogP contribution in [-0.4, -0.2) is 26.0 Å². The predicted molar refractivity (Wildman–Crippen MR) is 66.0 cm³/mol. The Bertz CT molecular complexity index is 575. The van der Waals surface area contributed by atoms with E-state index >= 15 is 0 Å². The normalized spacial score (nSPS) is 10.6. The molecule has 0 saturated heterocycles. The maximum absolute atomic E-state index is 10.7. The van der Waals surface area contributed by atoms with Crippen LogP contribution in [0.1, 0.15) is 11.3 Å². The molecule has 1 heterocycles. The molecule has 2 N–H and O–H groups in total. The Morgan fingerprint density at radius 1 is 1.44 bits per heavy atom. The van der Waals surface area contributed by atoms with Crippen molar-refractivity contribution in [2.24, 2.45) is 0 Å². The number of aromatic nitrogens is 2. The largest absolute Gasteiger partial charge is 0.480 e. The van der Waals surface area contributed by atoms with Crippen molar-refractivity contribution in [2.45, 2.75) is 20.1 Å². The average Bonchev–Trinajstić information content (AvgIpc) is 2.70. The van der Waals surface area contributed by atoms with Gasteiger partial charge < -0.3 is 10.2 Å². The first kappa shape index (κ1) is 12.3. The molecular weight excluding hydrogens is 232 g/mol. The van der Waals surface area contributed by atoms with Gasteiger partial charge in [-0.15, -0.1) is 0 Å². The van der Waals surface area contributed by atoms with Crippen LogP contribution in [0.5, 0.6) is 0 Å². The van der Waals surface area contributed by atoms with Crippen LogP contribution in [0, 0.1) is 6.92 Å². The van der Waals surface area contributed by atoms with Crippen LogP contribution in [0.25, 0.3) is 11.1 Å². The van der Waals surface area contributed by atoms with Crippen molar-refractivity contribution in [1.82, 2.24) is 9.78 Å². The summed E-state index contributed by atoms with van der Waals surface area (Å²) in [6.07, 6.45) is 1.65. The van der Waals surface area contributed by atoms with Gasteiger partial charge in [-0.3, -0.25) is 9.48 Å². The number of aliphatic carboxylic acids is 1. The third kappa shape index (κ3) is 2.41. The number of benzene rings is 1. The lowest BCUT2D eigenvalue weighted by atomic mass is 10.0. The summed E-state index contributed by atoms with van der Waals surface area (Å²) in [5.41, 5.74) is 3.42. The van der Waals surface area contributed by atoms with E-state index in [1.54, 1.807) is 6.20 Å². The fourth-order valence-electron chi connectivity index (χ4n) is 1.85. The first-order valence-electron chi connectivity index (χ1n) is 5.56. The summed E-state index contributed by atoms with van der Waals surface area (Å²) in [4.78, 5) is 10.7. The molecule has 94 valence electrons. The van der Waals surface area contributed by atoms with E-state index in [0.717, 1.165) is 22.4 Å². The summed E-state index contributed by atoms with van der Waals surface area (Å²) in [5.74, 6) is -0.920. The quantitative estimate of drug-likeness (QED) is 0.855. The number of hydrogen-bond donors (Lipinski definition) is 2. The van der Waals surface area contributed by atoms with Crippen LogP contribution < -0.4 is 0 Å². The fraction of sp³-hybridized carbons (Fsp3) is 0.231. The number of carbonyl (C=O) groups is 1. The van der Waals surface area contributed by atoms with Gasteiger partial charge >= 0.3 is 5.97 Å². The van der Waals surface area contributed by atoms with Crippen LogP contribution >= 0.6 is 0 Å². The number of hydrogen-bond acceptors (Lipinski definition) is 3. The van der Waals surface area contributed by atoms with Crippen LogP contribution in [0.2, 0.25) is 0 Å². The molecular formula is C13H14N2O3. The lowest BCUT2D eigenvalue weighted by Crippen LogP contribution is -2.11. The molecule has 0 amide bonds. The maximum Gasteiger partial charge on any atom is 0.325 e. The Balaban J connectivity index is 2.38. The van der Waals surface area contributed by atoms with Gasteiger partial charge in [-0.1, -0.05) is 18.2 Å². The van der Waals surface area contributed by atoms with Crippen molar-refractivity contribution in [3.05, 3.63) is 41.7 Å². The molecule has 2 rings (SSSR count). The van der Waals surface area contributed by atoms with Crippen LogP contribution in [-0.2, 0) is 17.9 Å². The first-order chi connectivity index (χ1) is 8.61. The van der Waals surface area contributed by atoms with Crippen LogP contribution in [0.15, 0.2) is 30.5 Å². The summed E-state index contributed by atoms with van der Waals surface area (Å²) in [6.45, 7) is 1.67. The molecule has 0 aliphatic rings. The summed E-state index contributed by atoms with van der Waals surface area (Å²) in [5, 5.41) is 21.9. The Hall–Kier alpha value is -2.14. The molecule has 0 unspecified atom stereocenters. The Kier molecular flexibility index (Phi) is 3.43. The molecule has 0 fully saturated rings.